The number of hydrogen-bond acceptors (Lipinski definition) is 4. The maximum Gasteiger partial charge on any atom is 0.254 e. The fraction of sp³-hybridized carbons (Fsp3) is 0.500. The molecule has 0 spiro atoms. The quantitative estimate of drug-likeness (QED) is 0.894. The van der Waals surface area contributed by atoms with Crippen LogP contribution in [0.2, 0.25) is 0 Å². The van der Waals surface area contributed by atoms with Crippen LogP contribution in [-0.4, -0.2) is 52.1 Å². The largest absolute Gasteiger partial charge is 0.375 e. The molecule has 1 amide bonds. The molecular weight excluding hydrogens is 292 g/mol. The van der Waals surface area contributed by atoms with E-state index in [9.17, 15) is 13.2 Å². The maximum atomic E-state index is 12.4. The Hall–Kier alpha value is -1.44. The summed E-state index contributed by atoms with van der Waals surface area (Å²) in [7, 11) is -2.12. The lowest BCUT2D eigenvalue weighted by Gasteiger charge is -2.32. The molecule has 0 unspecified atom stereocenters. The van der Waals surface area contributed by atoms with Gasteiger partial charge in [-0.05, 0) is 37.7 Å². The summed E-state index contributed by atoms with van der Waals surface area (Å²) in [5, 5.41) is 0. The van der Waals surface area contributed by atoms with E-state index in [1.165, 1.54) is 19.2 Å². The highest BCUT2D eigenvalue weighted by Gasteiger charge is 2.24. The summed E-state index contributed by atoms with van der Waals surface area (Å²) in [5.41, 5.74) is 0.488. The predicted molar refractivity (Wildman–Crippen MR) is 78.6 cm³/mol. The maximum absolute atomic E-state index is 12.4. The molecule has 21 heavy (non-hydrogen) atoms. The van der Waals surface area contributed by atoms with Crippen LogP contribution < -0.4 is 4.72 Å². The Bertz CT molecular complexity index is 598. The first-order valence-electron chi connectivity index (χ1n) is 6.92. The van der Waals surface area contributed by atoms with Crippen molar-refractivity contribution in [3.63, 3.8) is 0 Å². The third kappa shape index (κ3) is 3.61. The molecule has 0 radical (unpaired) electrons. The van der Waals surface area contributed by atoms with Crippen molar-refractivity contribution in [2.75, 3.05) is 26.7 Å². The molecule has 0 saturated carbocycles. The SMILES string of the molecule is CC[C@@H]1CN(C(=O)c2ccc(S(=O)(=O)NC)cc2)CCO1. The van der Waals surface area contributed by atoms with Gasteiger partial charge in [0.2, 0.25) is 10.0 Å². The molecule has 2 rings (SSSR count). The number of carbonyl (C=O) groups excluding carboxylic acids is 1. The molecule has 1 heterocycles. The predicted octanol–water partition coefficient (Wildman–Crippen LogP) is 0.846. The molecule has 116 valence electrons. The number of benzene rings is 1. The van der Waals surface area contributed by atoms with E-state index < -0.39 is 10.0 Å². The minimum Gasteiger partial charge on any atom is -0.375 e. The van der Waals surface area contributed by atoms with Crippen LogP contribution in [-0.2, 0) is 14.8 Å². The standard InChI is InChI=1S/C14H20N2O4S/c1-3-12-10-16(8-9-20-12)14(17)11-4-6-13(7-5-11)21(18,19)15-2/h4-7,12,15H,3,8-10H2,1-2H3/t12-/m1/s1. The number of amides is 1. The Morgan fingerprint density at radius 1 is 1.38 bits per heavy atom. The van der Waals surface area contributed by atoms with Crippen LogP contribution in [0.3, 0.4) is 0 Å². The second kappa shape index (κ2) is 6.55. The van der Waals surface area contributed by atoms with E-state index in [0.717, 1.165) is 6.42 Å². The van der Waals surface area contributed by atoms with Gasteiger partial charge in [-0.1, -0.05) is 6.92 Å². The fourth-order valence-electron chi connectivity index (χ4n) is 2.23. The van der Waals surface area contributed by atoms with Crippen molar-refractivity contribution in [3.05, 3.63) is 29.8 Å². The zero-order chi connectivity index (χ0) is 15.5. The van der Waals surface area contributed by atoms with Gasteiger partial charge >= 0.3 is 0 Å². The number of morpholine rings is 1. The fourth-order valence-corrected chi connectivity index (χ4v) is 2.96. The molecule has 1 aliphatic heterocycles. The summed E-state index contributed by atoms with van der Waals surface area (Å²) in [5.74, 6) is -0.0924. The Morgan fingerprint density at radius 2 is 2.05 bits per heavy atom. The van der Waals surface area contributed by atoms with Gasteiger partial charge in [-0.25, -0.2) is 13.1 Å². The van der Waals surface area contributed by atoms with Crippen molar-refractivity contribution >= 4 is 15.9 Å². The van der Waals surface area contributed by atoms with E-state index in [1.54, 1.807) is 17.0 Å². The lowest BCUT2D eigenvalue weighted by molar-refractivity contribution is -0.0226. The van der Waals surface area contributed by atoms with E-state index in [4.69, 9.17) is 4.74 Å². The van der Waals surface area contributed by atoms with Gasteiger partial charge < -0.3 is 9.64 Å². The third-order valence-corrected chi connectivity index (χ3v) is 4.99. The Balaban J connectivity index is 2.13. The first kappa shape index (κ1) is 15.9. The molecule has 1 atom stereocenters. The average Bonchev–Trinajstić information content (AvgIpc) is 2.54. The molecule has 1 fully saturated rings. The molecule has 1 aromatic carbocycles. The van der Waals surface area contributed by atoms with Crippen LogP contribution >= 0.6 is 0 Å². The number of nitrogens with one attached hydrogen (secondary N) is 1. The van der Waals surface area contributed by atoms with Gasteiger partial charge in [0.15, 0.2) is 0 Å². The first-order chi connectivity index (χ1) is 9.97. The monoisotopic (exact) mass is 312 g/mol. The van der Waals surface area contributed by atoms with Gasteiger partial charge in [0.25, 0.3) is 5.91 Å². The van der Waals surface area contributed by atoms with Gasteiger partial charge in [0, 0.05) is 18.7 Å². The number of rotatable bonds is 4. The molecule has 7 heteroatoms. The number of sulfonamides is 1. The van der Waals surface area contributed by atoms with E-state index >= 15 is 0 Å². The van der Waals surface area contributed by atoms with E-state index in [2.05, 4.69) is 4.72 Å². The number of hydrogen-bond donors (Lipinski definition) is 1. The van der Waals surface area contributed by atoms with E-state index in [0.29, 0.717) is 25.3 Å². The van der Waals surface area contributed by atoms with Gasteiger partial charge in [0.1, 0.15) is 0 Å². The molecule has 1 aliphatic rings. The smallest absolute Gasteiger partial charge is 0.254 e. The van der Waals surface area contributed by atoms with Gasteiger partial charge in [-0.2, -0.15) is 0 Å². The van der Waals surface area contributed by atoms with Crippen LogP contribution in [0.5, 0.6) is 0 Å². The minimum absolute atomic E-state index is 0.0756. The zero-order valence-electron chi connectivity index (χ0n) is 12.2. The van der Waals surface area contributed by atoms with Crippen LogP contribution in [0, 0.1) is 0 Å². The van der Waals surface area contributed by atoms with E-state index in [1.807, 2.05) is 6.92 Å². The minimum atomic E-state index is -3.47. The molecule has 0 aromatic heterocycles. The third-order valence-electron chi connectivity index (χ3n) is 3.56. The number of carbonyl (C=O) groups is 1. The molecule has 1 N–H and O–H groups in total. The van der Waals surface area contributed by atoms with Gasteiger partial charge in [-0.15, -0.1) is 0 Å². The molecule has 0 bridgehead atoms. The normalized spacial score (nSPS) is 19.5. The van der Waals surface area contributed by atoms with Crippen molar-refractivity contribution in [3.8, 4) is 0 Å². The molecule has 1 aromatic rings. The summed E-state index contributed by atoms with van der Waals surface area (Å²) in [6.45, 7) is 3.70. The number of nitrogens with zero attached hydrogens (tertiary/aromatic N) is 1. The Labute approximate surface area is 125 Å². The number of ether oxygens (including phenoxy) is 1. The van der Waals surface area contributed by atoms with E-state index in [-0.39, 0.29) is 16.9 Å². The highest BCUT2D eigenvalue weighted by atomic mass is 32.2. The summed E-state index contributed by atoms with van der Waals surface area (Å²) in [6, 6.07) is 5.97. The second-order valence-electron chi connectivity index (χ2n) is 4.88. The second-order valence-corrected chi connectivity index (χ2v) is 6.77. The first-order valence-corrected chi connectivity index (χ1v) is 8.40. The average molecular weight is 312 g/mol. The summed E-state index contributed by atoms with van der Waals surface area (Å²) in [6.07, 6.45) is 0.940. The molecule has 0 aliphatic carbocycles. The highest BCUT2D eigenvalue weighted by molar-refractivity contribution is 7.89. The molecule has 1 saturated heterocycles. The molecular formula is C14H20N2O4S. The van der Waals surface area contributed by atoms with Crippen LogP contribution in [0.1, 0.15) is 23.7 Å². The van der Waals surface area contributed by atoms with Crippen LogP contribution in [0.4, 0.5) is 0 Å². The van der Waals surface area contributed by atoms with Crippen molar-refractivity contribution in [1.82, 2.24) is 9.62 Å². The summed E-state index contributed by atoms with van der Waals surface area (Å²) < 4.78 is 31.1. The topological polar surface area (TPSA) is 75.7 Å². The van der Waals surface area contributed by atoms with Crippen molar-refractivity contribution in [2.45, 2.75) is 24.3 Å². The summed E-state index contributed by atoms with van der Waals surface area (Å²) in [4.78, 5) is 14.3. The van der Waals surface area contributed by atoms with Crippen LogP contribution in [0.15, 0.2) is 29.2 Å². The van der Waals surface area contributed by atoms with Crippen molar-refractivity contribution in [1.29, 1.82) is 0 Å². The lowest BCUT2D eigenvalue weighted by atomic mass is 10.1. The Morgan fingerprint density at radius 3 is 2.62 bits per heavy atom. The van der Waals surface area contributed by atoms with Crippen molar-refractivity contribution in [2.24, 2.45) is 0 Å². The molecule has 6 nitrogen and oxygen atoms in total. The Kier molecular flexibility index (Phi) is 4.97. The highest BCUT2D eigenvalue weighted by Crippen LogP contribution is 2.15. The van der Waals surface area contributed by atoms with Crippen molar-refractivity contribution < 1.29 is 17.9 Å². The summed E-state index contributed by atoms with van der Waals surface area (Å²) >= 11 is 0. The van der Waals surface area contributed by atoms with Crippen LogP contribution in [0.25, 0.3) is 0 Å². The lowest BCUT2D eigenvalue weighted by Crippen LogP contribution is -2.45. The zero-order valence-corrected chi connectivity index (χ0v) is 13.0. The van der Waals surface area contributed by atoms with Gasteiger partial charge in [-0.3, -0.25) is 4.79 Å². The van der Waals surface area contributed by atoms with Gasteiger partial charge in [0.05, 0.1) is 17.6 Å².